The van der Waals surface area contributed by atoms with Crippen molar-refractivity contribution in [2.45, 2.75) is 6.92 Å². The largest absolute Gasteiger partial charge is 1.00 e. The monoisotopic (exact) mass is 425 g/mol. The summed E-state index contributed by atoms with van der Waals surface area (Å²) in [5.41, 5.74) is 0. The third kappa shape index (κ3) is 1250. The fraction of sp³-hybridized carbons (Fsp3) is 1.00. The molecule has 0 atom stereocenters. The van der Waals surface area contributed by atoms with Crippen molar-refractivity contribution in [2.24, 2.45) is 0 Å². The Hall–Kier alpha value is 3.32. The molecule has 0 spiro atoms. The Kier molecular flexibility index (Phi) is 20800. The van der Waals surface area contributed by atoms with Gasteiger partial charge in [0.25, 0.3) is 0 Å². The van der Waals surface area contributed by atoms with Crippen LogP contribution in [0.3, 0.4) is 0 Å². The van der Waals surface area contributed by atoms with Crippen LogP contribution in [0.15, 0.2) is 0 Å². The Morgan fingerprint density at radius 1 is 0.348 bits per heavy atom. The van der Waals surface area contributed by atoms with E-state index in [1.165, 1.54) is 0 Å². The molecule has 0 aromatic rings. The Morgan fingerprint density at radius 3 is 0.348 bits per heavy atom. The van der Waals surface area contributed by atoms with Gasteiger partial charge in [-0.25, -0.2) is 0 Å². The van der Waals surface area contributed by atoms with Crippen LogP contribution in [-0.2, 0) is 0 Å². The molecular formula is C2H37Na4O17+3. The van der Waals surface area contributed by atoms with Crippen LogP contribution in [-0.4, -0.2) is 94.2 Å². The van der Waals surface area contributed by atoms with E-state index in [9.17, 15) is 0 Å². The average molecular weight is 425 g/mol. The SMILES string of the molecule is CC[O-].O.O.O.O.O.O.O.O.O.O.O.O.O.O.O.O.[Na+].[Na+].[Na+].[Na+]. The van der Waals surface area contributed by atoms with Crippen LogP contribution in [0, 0.1) is 0 Å². The van der Waals surface area contributed by atoms with Gasteiger partial charge in [0, 0.05) is 0 Å². The van der Waals surface area contributed by atoms with Gasteiger partial charge in [-0.2, -0.15) is 0 Å². The number of hydrogen-bond acceptors (Lipinski definition) is 1. The third-order valence-electron chi connectivity index (χ3n) is 0. The minimum absolute atomic E-state index is 0. The second-order valence-corrected chi connectivity index (χ2v) is 0.289. The zero-order valence-corrected chi connectivity index (χ0v) is 22.1. The molecule has 0 saturated carbocycles. The van der Waals surface area contributed by atoms with Crippen LogP contribution in [0.2, 0.25) is 0 Å². The minimum Gasteiger partial charge on any atom is -0.855 e. The van der Waals surface area contributed by atoms with Gasteiger partial charge in [0.1, 0.15) is 0 Å². The first-order valence-corrected chi connectivity index (χ1v) is 0.996. The van der Waals surface area contributed by atoms with E-state index >= 15 is 0 Å². The quantitative estimate of drug-likeness (QED) is 0.335. The maximum Gasteiger partial charge on any atom is 1.00 e. The van der Waals surface area contributed by atoms with Crippen LogP contribution in [0.5, 0.6) is 0 Å². The van der Waals surface area contributed by atoms with Gasteiger partial charge in [0.05, 0.1) is 0 Å². The molecule has 0 amide bonds. The molecule has 0 aliphatic carbocycles. The summed E-state index contributed by atoms with van der Waals surface area (Å²) in [5, 5.41) is 8.93. The van der Waals surface area contributed by atoms with Gasteiger partial charge in [-0.05, 0) is 0 Å². The van der Waals surface area contributed by atoms with Crippen molar-refractivity contribution in [1.82, 2.24) is 0 Å². The summed E-state index contributed by atoms with van der Waals surface area (Å²) in [6.07, 6.45) is 0. The van der Waals surface area contributed by atoms with Crippen molar-refractivity contribution >= 4 is 0 Å². The third-order valence-corrected chi connectivity index (χ3v) is 0. The molecular weight excluding hydrogens is 388 g/mol. The van der Waals surface area contributed by atoms with Crippen molar-refractivity contribution in [3.05, 3.63) is 0 Å². The zero-order chi connectivity index (χ0) is 2.71. The zero-order valence-electron chi connectivity index (χ0n) is 14.1. The van der Waals surface area contributed by atoms with E-state index < -0.39 is 0 Å². The Bertz CT molecular complexity index is 24.6. The summed E-state index contributed by atoms with van der Waals surface area (Å²) in [6, 6.07) is 0. The minimum atomic E-state index is 0. The molecule has 32 N–H and O–H groups in total. The van der Waals surface area contributed by atoms with E-state index in [1.54, 1.807) is 6.92 Å². The molecule has 148 valence electrons. The van der Waals surface area contributed by atoms with Crippen LogP contribution < -0.4 is 123 Å². The van der Waals surface area contributed by atoms with Crippen LogP contribution >= 0.6 is 0 Å². The van der Waals surface area contributed by atoms with E-state index in [0.717, 1.165) is 0 Å². The van der Waals surface area contributed by atoms with Crippen LogP contribution in [0.4, 0.5) is 0 Å². The molecule has 0 rings (SSSR count). The molecule has 0 radical (unpaired) electrons. The van der Waals surface area contributed by atoms with Crippen molar-refractivity contribution in [3.63, 3.8) is 0 Å². The standard InChI is InChI=1S/C2H5O.4Na.16H2O/c1-2-3;;;;;;;;;;;;;;;;;;;;/h2H2,1H3;;;;;16*1H2/q-1;4*+1;;;;;;;;;;;;;;;;. The van der Waals surface area contributed by atoms with Crippen molar-refractivity contribution in [2.75, 3.05) is 6.61 Å². The molecule has 0 bridgehead atoms. The number of hydrogen-bond donors (Lipinski definition) is 0. The fourth-order valence-corrected chi connectivity index (χ4v) is 0. The second kappa shape index (κ2) is 802. The van der Waals surface area contributed by atoms with Gasteiger partial charge < -0.3 is 92.7 Å². The summed E-state index contributed by atoms with van der Waals surface area (Å²) in [6.45, 7) is 1.57. The summed E-state index contributed by atoms with van der Waals surface area (Å²) in [4.78, 5) is 0. The molecule has 21 heteroatoms. The summed E-state index contributed by atoms with van der Waals surface area (Å²) >= 11 is 0. The molecule has 0 unspecified atom stereocenters. The van der Waals surface area contributed by atoms with E-state index in [1.807, 2.05) is 0 Å². The molecule has 23 heavy (non-hydrogen) atoms. The summed E-state index contributed by atoms with van der Waals surface area (Å²) < 4.78 is 0. The first-order valence-electron chi connectivity index (χ1n) is 0.996. The van der Waals surface area contributed by atoms with E-state index in [0.29, 0.717) is 0 Å². The van der Waals surface area contributed by atoms with E-state index in [4.69, 9.17) is 5.11 Å². The van der Waals surface area contributed by atoms with Crippen molar-refractivity contribution in [1.29, 1.82) is 0 Å². The predicted octanol–water partition coefficient (Wildman–Crippen LogP) is -25.8. The smallest absolute Gasteiger partial charge is 0.855 e. The van der Waals surface area contributed by atoms with Crippen LogP contribution in [0.25, 0.3) is 0 Å². The topological polar surface area (TPSA) is 527 Å². The fourth-order valence-electron chi connectivity index (χ4n) is 0. The summed E-state index contributed by atoms with van der Waals surface area (Å²) in [5.74, 6) is 0. The molecule has 0 heterocycles. The first kappa shape index (κ1) is 596. The normalized spacial score (nSPS) is 0.783. The van der Waals surface area contributed by atoms with Gasteiger partial charge in [-0.1, -0.05) is 6.92 Å². The maximum atomic E-state index is 8.93. The molecule has 0 aliphatic heterocycles. The Morgan fingerprint density at radius 2 is 0.348 bits per heavy atom. The molecule has 0 aromatic heterocycles. The average Bonchev–Trinajstić information content (AvgIpc) is 0.918. The van der Waals surface area contributed by atoms with E-state index in [2.05, 4.69) is 0 Å². The second-order valence-electron chi connectivity index (χ2n) is 0.289. The predicted molar refractivity (Wildman–Crippen MR) is 68.4 cm³/mol. The number of rotatable bonds is 0. The van der Waals surface area contributed by atoms with Crippen molar-refractivity contribution < 1.29 is 211 Å². The Balaban J connectivity index is -0.000000000105. The van der Waals surface area contributed by atoms with Gasteiger partial charge in [0.2, 0.25) is 0 Å². The summed E-state index contributed by atoms with van der Waals surface area (Å²) in [7, 11) is 0. The van der Waals surface area contributed by atoms with Crippen molar-refractivity contribution in [3.8, 4) is 0 Å². The molecule has 0 saturated heterocycles. The van der Waals surface area contributed by atoms with Gasteiger partial charge in [-0.3, -0.25) is 0 Å². The van der Waals surface area contributed by atoms with Crippen LogP contribution in [0.1, 0.15) is 6.92 Å². The molecule has 0 aromatic carbocycles. The first-order chi connectivity index (χ1) is 1.41. The van der Waals surface area contributed by atoms with E-state index in [-0.39, 0.29) is 212 Å². The Labute approximate surface area is 221 Å². The van der Waals surface area contributed by atoms with Gasteiger partial charge in [0.15, 0.2) is 0 Å². The molecule has 17 nitrogen and oxygen atoms in total. The maximum absolute atomic E-state index is 8.93. The molecule has 0 fully saturated rings. The van der Waals surface area contributed by atoms with Gasteiger partial charge in [-0.15, -0.1) is 6.61 Å². The van der Waals surface area contributed by atoms with Gasteiger partial charge >= 0.3 is 118 Å². The molecule has 0 aliphatic rings.